The van der Waals surface area contributed by atoms with Crippen LogP contribution in [0.15, 0.2) is 34.0 Å². The van der Waals surface area contributed by atoms with Crippen LogP contribution in [0.1, 0.15) is 23.5 Å². The number of rotatable bonds is 3. The molecule has 3 heterocycles. The molecule has 8 nitrogen and oxygen atoms in total. The first-order valence-electron chi connectivity index (χ1n) is 7.25. The van der Waals surface area contributed by atoms with E-state index in [4.69, 9.17) is 10.4 Å². The molecule has 4 rings (SSSR count). The van der Waals surface area contributed by atoms with Gasteiger partial charge in [0, 0.05) is 17.2 Å². The van der Waals surface area contributed by atoms with Gasteiger partial charge in [0.1, 0.15) is 11.0 Å². The number of H-pyrrole nitrogens is 1. The lowest BCUT2D eigenvalue weighted by Crippen LogP contribution is -2.27. The van der Waals surface area contributed by atoms with Gasteiger partial charge in [0.15, 0.2) is 5.82 Å². The summed E-state index contributed by atoms with van der Waals surface area (Å²) in [5.41, 5.74) is 9.49. The maximum absolute atomic E-state index is 9.74. The van der Waals surface area contributed by atoms with E-state index in [9.17, 15) is 5.26 Å². The molecule has 0 radical (unpaired) electrons. The molecule has 0 bridgehead atoms. The molecule has 23 heavy (non-hydrogen) atoms. The van der Waals surface area contributed by atoms with Gasteiger partial charge in [-0.2, -0.15) is 10.4 Å². The second-order valence-corrected chi connectivity index (χ2v) is 5.38. The summed E-state index contributed by atoms with van der Waals surface area (Å²) in [5.74, 6) is 0.00718. The lowest BCUT2D eigenvalue weighted by molar-refractivity contribution is 0.315. The highest BCUT2D eigenvalue weighted by Crippen LogP contribution is 2.43. The molecule has 2 atom stereocenters. The number of nitrogens with zero attached hydrogens (tertiary/aromatic N) is 5. The van der Waals surface area contributed by atoms with E-state index in [0.29, 0.717) is 29.8 Å². The molecule has 3 N–H and O–H groups in total. The number of hydrogen-bond acceptors (Lipinski definition) is 7. The lowest BCUT2D eigenvalue weighted by Gasteiger charge is -2.27. The van der Waals surface area contributed by atoms with Crippen molar-refractivity contribution in [2.24, 2.45) is 16.6 Å². The third-order valence-corrected chi connectivity index (χ3v) is 4.12. The number of aromatic amines is 1. The van der Waals surface area contributed by atoms with Gasteiger partial charge in [-0.1, -0.05) is 12.1 Å². The van der Waals surface area contributed by atoms with Gasteiger partial charge in [-0.25, -0.2) is 9.62 Å². The maximum Gasteiger partial charge on any atom is 0.151 e. The molecule has 1 aromatic carbocycles. The Morgan fingerprint density at radius 2 is 2.22 bits per heavy atom. The number of aromatic nitrogens is 4. The molecule has 1 aliphatic rings. The summed E-state index contributed by atoms with van der Waals surface area (Å²) >= 11 is 0. The molecule has 2 aromatic heterocycles. The number of nitriles is 1. The Morgan fingerprint density at radius 1 is 1.30 bits per heavy atom. The number of hydrogen-bond donors (Lipinski definition) is 2. The fourth-order valence-corrected chi connectivity index (χ4v) is 3.12. The highest BCUT2D eigenvalue weighted by Gasteiger charge is 2.36. The first-order valence-corrected chi connectivity index (χ1v) is 7.25. The zero-order valence-electron chi connectivity index (χ0n) is 12.1. The normalized spacial score (nSPS) is 20.1. The Bertz CT molecular complexity index is 933. The quantitative estimate of drug-likeness (QED) is 0.756. The second-order valence-electron chi connectivity index (χ2n) is 5.38. The fraction of sp³-hybridized carbons (Fsp3) is 0.267. The van der Waals surface area contributed by atoms with E-state index in [1.807, 2.05) is 18.2 Å². The summed E-state index contributed by atoms with van der Waals surface area (Å²) in [6.07, 6.45) is 2.26. The van der Waals surface area contributed by atoms with Gasteiger partial charge in [-0.05, 0) is 34.9 Å². The summed E-state index contributed by atoms with van der Waals surface area (Å²) in [4.78, 5) is 4.53. The van der Waals surface area contributed by atoms with Crippen LogP contribution in [-0.2, 0) is 0 Å². The van der Waals surface area contributed by atoms with Gasteiger partial charge >= 0.3 is 0 Å². The Balaban J connectivity index is 1.94. The van der Waals surface area contributed by atoms with Gasteiger partial charge in [0.05, 0.1) is 18.2 Å². The monoisotopic (exact) mass is 307 g/mol. The zero-order valence-corrected chi connectivity index (χ0v) is 12.1. The fourth-order valence-electron chi connectivity index (χ4n) is 3.12. The molecule has 114 valence electrons. The van der Waals surface area contributed by atoms with E-state index >= 15 is 0 Å². The summed E-state index contributed by atoms with van der Waals surface area (Å²) < 4.78 is 4.85. The number of nitrogens with one attached hydrogen (secondary N) is 1. The average molecular weight is 307 g/mol. The molecule has 2 unspecified atom stereocenters. The van der Waals surface area contributed by atoms with Crippen molar-refractivity contribution < 1.29 is 4.63 Å². The Kier molecular flexibility index (Phi) is 3.13. The SMILES string of the molecule is N#CC1C(CCN)=Nc2[nH]ncc2C1c1cccc2nonc12. The van der Waals surface area contributed by atoms with Crippen LogP contribution in [0.25, 0.3) is 11.0 Å². The van der Waals surface area contributed by atoms with E-state index < -0.39 is 5.92 Å². The predicted octanol–water partition coefficient (Wildman–Crippen LogP) is 1.65. The molecule has 0 aliphatic carbocycles. The highest BCUT2D eigenvalue weighted by atomic mass is 16.6. The summed E-state index contributed by atoms with van der Waals surface area (Å²) in [6, 6.07) is 8.01. The lowest BCUT2D eigenvalue weighted by atomic mass is 9.77. The van der Waals surface area contributed by atoms with Crippen molar-refractivity contribution in [3.05, 3.63) is 35.5 Å². The standard InChI is InChI=1S/C15H13N7O/c16-5-4-11-9(6-17)13(10-7-18-20-15(10)19-11)8-2-1-3-12-14(8)22-23-21-12/h1-3,7,9,13H,4-5,16H2,(H,18,20). The zero-order chi connectivity index (χ0) is 15.8. The van der Waals surface area contributed by atoms with Crippen LogP contribution in [0.2, 0.25) is 0 Å². The van der Waals surface area contributed by atoms with Crippen molar-refractivity contribution in [1.82, 2.24) is 20.5 Å². The Labute approximate surface area is 131 Å². The highest BCUT2D eigenvalue weighted by molar-refractivity contribution is 5.95. The number of aliphatic imine (C=N–C) groups is 1. The molecule has 8 heteroatoms. The molecular weight excluding hydrogens is 294 g/mol. The van der Waals surface area contributed by atoms with Crippen LogP contribution in [0.4, 0.5) is 5.82 Å². The molecular formula is C15H13N7O. The third kappa shape index (κ3) is 2.02. The van der Waals surface area contributed by atoms with E-state index in [1.54, 1.807) is 6.20 Å². The van der Waals surface area contributed by atoms with Crippen LogP contribution in [0.3, 0.4) is 0 Å². The number of fused-ring (bicyclic) bond motifs is 2. The molecule has 0 amide bonds. The summed E-state index contributed by atoms with van der Waals surface area (Å²) in [7, 11) is 0. The van der Waals surface area contributed by atoms with Crippen LogP contribution in [0, 0.1) is 17.2 Å². The van der Waals surface area contributed by atoms with Gasteiger partial charge in [-0.15, -0.1) is 0 Å². The van der Waals surface area contributed by atoms with Crippen molar-refractivity contribution >= 4 is 22.6 Å². The van der Waals surface area contributed by atoms with E-state index in [2.05, 4.69) is 31.6 Å². The Hall–Kier alpha value is -3.05. The maximum atomic E-state index is 9.74. The van der Waals surface area contributed by atoms with Gasteiger partial charge in [0.25, 0.3) is 0 Å². The van der Waals surface area contributed by atoms with Gasteiger partial charge < -0.3 is 5.73 Å². The molecule has 1 aliphatic heterocycles. The third-order valence-electron chi connectivity index (χ3n) is 4.12. The summed E-state index contributed by atoms with van der Waals surface area (Å²) in [5, 5.41) is 24.6. The second kappa shape index (κ2) is 5.30. The van der Waals surface area contributed by atoms with Crippen molar-refractivity contribution in [3.63, 3.8) is 0 Å². The molecule has 0 saturated carbocycles. The van der Waals surface area contributed by atoms with Crippen LogP contribution in [-0.4, -0.2) is 32.8 Å². The first kappa shape index (κ1) is 13.6. The van der Waals surface area contributed by atoms with Crippen molar-refractivity contribution in [3.8, 4) is 6.07 Å². The minimum Gasteiger partial charge on any atom is -0.330 e. The number of nitrogens with two attached hydrogens (primary N) is 1. The largest absolute Gasteiger partial charge is 0.330 e. The van der Waals surface area contributed by atoms with Crippen molar-refractivity contribution in [1.29, 1.82) is 5.26 Å². The minimum atomic E-state index is -0.425. The molecule has 0 saturated heterocycles. The molecule has 0 fully saturated rings. The average Bonchev–Trinajstić information content (AvgIpc) is 3.22. The topological polar surface area (TPSA) is 130 Å². The molecule has 0 spiro atoms. The van der Waals surface area contributed by atoms with Gasteiger partial charge in [-0.3, -0.25) is 5.10 Å². The van der Waals surface area contributed by atoms with Crippen LogP contribution >= 0.6 is 0 Å². The van der Waals surface area contributed by atoms with Crippen molar-refractivity contribution in [2.45, 2.75) is 12.3 Å². The smallest absolute Gasteiger partial charge is 0.151 e. The van der Waals surface area contributed by atoms with Gasteiger partial charge in [0.2, 0.25) is 0 Å². The van der Waals surface area contributed by atoms with Crippen LogP contribution in [0.5, 0.6) is 0 Å². The van der Waals surface area contributed by atoms with E-state index in [-0.39, 0.29) is 5.92 Å². The first-order chi connectivity index (χ1) is 11.3. The van der Waals surface area contributed by atoms with Crippen molar-refractivity contribution in [2.75, 3.05) is 6.54 Å². The number of benzene rings is 1. The van der Waals surface area contributed by atoms with Crippen LogP contribution < -0.4 is 5.73 Å². The predicted molar refractivity (Wildman–Crippen MR) is 82.1 cm³/mol. The minimum absolute atomic E-state index is 0.233. The van der Waals surface area contributed by atoms with E-state index in [0.717, 1.165) is 16.8 Å². The Morgan fingerprint density at radius 3 is 3.04 bits per heavy atom. The molecule has 3 aromatic rings. The van der Waals surface area contributed by atoms with E-state index in [1.165, 1.54) is 0 Å². The summed E-state index contributed by atoms with van der Waals surface area (Å²) in [6.45, 7) is 0.433.